The Labute approximate surface area is 102 Å². The van der Waals surface area contributed by atoms with Crippen molar-refractivity contribution in [1.82, 2.24) is 10.3 Å². The number of pyridine rings is 1. The molecule has 0 bridgehead atoms. The van der Waals surface area contributed by atoms with E-state index in [2.05, 4.69) is 10.3 Å². The third kappa shape index (κ3) is 4.07. The number of nitrogens with one attached hydrogen (secondary N) is 1. The zero-order chi connectivity index (χ0) is 12.0. The predicted octanol–water partition coefficient (Wildman–Crippen LogP) is 0.755. The van der Waals surface area contributed by atoms with Crippen molar-refractivity contribution < 1.29 is 9.84 Å². The van der Waals surface area contributed by atoms with Crippen molar-refractivity contribution in [2.75, 3.05) is 26.3 Å². The molecule has 4 nitrogen and oxygen atoms in total. The second kappa shape index (κ2) is 6.10. The molecule has 1 aromatic heterocycles. The van der Waals surface area contributed by atoms with E-state index in [1.165, 1.54) is 0 Å². The highest BCUT2D eigenvalue weighted by atomic mass is 16.5. The summed E-state index contributed by atoms with van der Waals surface area (Å²) in [6.45, 7) is 2.82. The van der Waals surface area contributed by atoms with Crippen molar-refractivity contribution in [3.05, 3.63) is 30.1 Å². The fourth-order valence-corrected chi connectivity index (χ4v) is 2.01. The van der Waals surface area contributed by atoms with Gasteiger partial charge in [-0.3, -0.25) is 4.98 Å². The van der Waals surface area contributed by atoms with Crippen LogP contribution >= 0.6 is 0 Å². The van der Waals surface area contributed by atoms with E-state index >= 15 is 0 Å². The van der Waals surface area contributed by atoms with Gasteiger partial charge < -0.3 is 15.2 Å². The molecule has 0 aromatic carbocycles. The molecule has 94 valence electrons. The van der Waals surface area contributed by atoms with Crippen LogP contribution in [-0.4, -0.2) is 42.0 Å². The lowest BCUT2D eigenvalue weighted by Gasteiger charge is -2.32. The van der Waals surface area contributed by atoms with Crippen LogP contribution in [0.4, 0.5) is 0 Å². The van der Waals surface area contributed by atoms with E-state index in [9.17, 15) is 5.11 Å². The molecule has 1 fully saturated rings. The van der Waals surface area contributed by atoms with Gasteiger partial charge in [0, 0.05) is 57.5 Å². The average molecular weight is 236 g/mol. The lowest BCUT2D eigenvalue weighted by molar-refractivity contribution is -0.0614. The van der Waals surface area contributed by atoms with Gasteiger partial charge in [0.15, 0.2) is 0 Å². The first kappa shape index (κ1) is 12.5. The highest BCUT2D eigenvalue weighted by Crippen LogP contribution is 2.19. The van der Waals surface area contributed by atoms with E-state index in [4.69, 9.17) is 4.74 Å². The largest absolute Gasteiger partial charge is 0.388 e. The first-order valence-corrected chi connectivity index (χ1v) is 6.19. The van der Waals surface area contributed by atoms with Gasteiger partial charge in [-0.1, -0.05) is 6.07 Å². The Bertz CT molecular complexity index is 323. The van der Waals surface area contributed by atoms with Crippen LogP contribution in [0.15, 0.2) is 24.4 Å². The van der Waals surface area contributed by atoms with E-state index < -0.39 is 5.60 Å². The maximum absolute atomic E-state index is 10.2. The number of rotatable bonds is 5. The molecule has 1 aliphatic rings. The van der Waals surface area contributed by atoms with Crippen LogP contribution in [-0.2, 0) is 11.2 Å². The molecule has 1 saturated heterocycles. The number of nitrogens with zero attached hydrogens (tertiary/aromatic N) is 1. The van der Waals surface area contributed by atoms with E-state index in [1.54, 1.807) is 6.20 Å². The highest BCUT2D eigenvalue weighted by Gasteiger charge is 2.28. The number of ether oxygens (including phenoxy) is 1. The van der Waals surface area contributed by atoms with Crippen molar-refractivity contribution in [1.29, 1.82) is 0 Å². The smallest absolute Gasteiger partial charge is 0.0815 e. The molecule has 1 aliphatic heterocycles. The van der Waals surface area contributed by atoms with Gasteiger partial charge in [-0.2, -0.15) is 0 Å². The Balaban J connectivity index is 1.66. The Morgan fingerprint density at radius 3 is 2.88 bits per heavy atom. The molecule has 2 rings (SSSR count). The van der Waals surface area contributed by atoms with Gasteiger partial charge in [0.1, 0.15) is 0 Å². The first-order chi connectivity index (χ1) is 8.29. The van der Waals surface area contributed by atoms with E-state index in [0.29, 0.717) is 19.8 Å². The van der Waals surface area contributed by atoms with Gasteiger partial charge in [-0.15, -0.1) is 0 Å². The fourth-order valence-electron chi connectivity index (χ4n) is 2.01. The summed E-state index contributed by atoms with van der Waals surface area (Å²) in [6.07, 6.45) is 4.15. The van der Waals surface area contributed by atoms with Gasteiger partial charge in [-0.25, -0.2) is 0 Å². The lowest BCUT2D eigenvalue weighted by atomic mass is 9.94. The van der Waals surface area contributed by atoms with E-state index in [1.807, 2.05) is 18.2 Å². The number of hydrogen-bond donors (Lipinski definition) is 2. The molecular formula is C13H20N2O2. The van der Waals surface area contributed by atoms with Crippen molar-refractivity contribution in [2.24, 2.45) is 0 Å². The zero-order valence-corrected chi connectivity index (χ0v) is 10.1. The van der Waals surface area contributed by atoms with Crippen LogP contribution in [0, 0.1) is 0 Å². The molecular weight excluding hydrogens is 216 g/mol. The van der Waals surface area contributed by atoms with Crippen molar-refractivity contribution in [2.45, 2.75) is 24.9 Å². The number of aliphatic hydroxyl groups is 1. The number of hydrogen-bond acceptors (Lipinski definition) is 4. The van der Waals surface area contributed by atoms with E-state index in [0.717, 1.165) is 31.5 Å². The summed E-state index contributed by atoms with van der Waals surface area (Å²) in [5.74, 6) is 0. The van der Waals surface area contributed by atoms with Crippen molar-refractivity contribution in [3.8, 4) is 0 Å². The zero-order valence-electron chi connectivity index (χ0n) is 10.1. The molecule has 1 aromatic rings. The highest BCUT2D eigenvalue weighted by molar-refractivity contribution is 5.03. The normalized spacial score (nSPS) is 19.1. The van der Waals surface area contributed by atoms with Gasteiger partial charge in [0.25, 0.3) is 0 Å². The van der Waals surface area contributed by atoms with Crippen LogP contribution in [0.5, 0.6) is 0 Å². The monoisotopic (exact) mass is 236 g/mol. The summed E-state index contributed by atoms with van der Waals surface area (Å²) in [5.41, 5.74) is 0.501. The molecule has 2 heterocycles. The third-order valence-corrected chi connectivity index (χ3v) is 3.16. The Hall–Kier alpha value is -0.970. The maximum Gasteiger partial charge on any atom is 0.0815 e. The van der Waals surface area contributed by atoms with Crippen LogP contribution < -0.4 is 5.32 Å². The quantitative estimate of drug-likeness (QED) is 0.741. The summed E-state index contributed by atoms with van der Waals surface area (Å²) in [7, 11) is 0. The maximum atomic E-state index is 10.2. The molecule has 0 aliphatic carbocycles. The molecule has 0 radical (unpaired) electrons. The minimum absolute atomic E-state index is 0.581. The Morgan fingerprint density at radius 1 is 1.35 bits per heavy atom. The molecule has 0 spiro atoms. The molecule has 2 N–H and O–H groups in total. The molecule has 0 saturated carbocycles. The van der Waals surface area contributed by atoms with Crippen LogP contribution in [0.3, 0.4) is 0 Å². The van der Waals surface area contributed by atoms with Gasteiger partial charge in [-0.05, 0) is 12.1 Å². The van der Waals surface area contributed by atoms with Gasteiger partial charge in [0.2, 0.25) is 0 Å². The van der Waals surface area contributed by atoms with E-state index in [-0.39, 0.29) is 0 Å². The molecule has 17 heavy (non-hydrogen) atoms. The topological polar surface area (TPSA) is 54.4 Å². The summed E-state index contributed by atoms with van der Waals surface area (Å²) >= 11 is 0. The standard InChI is InChI=1S/C13H20N2O2/c16-13(5-9-17-10-6-13)11-14-8-4-12-3-1-2-7-15-12/h1-3,7,14,16H,4-6,8-11H2. The predicted molar refractivity (Wildman–Crippen MR) is 65.8 cm³/mol. The second-order valence-electron chi connectivity index (χ2n) is 4.58. The van der Waals surface area contributed by atoms with Crippen molar-refractivity contribution >= 4 is 0 Å². The van der Waals surface area contributed by atoms with Gasteiger partial charge in [0.05, 0.1) is 5.60 Å². The minimum atomic E-state index is -0.581. The van der Waals surface area contributed by atoms with Gasteiger partial charge >= 0.3 is 0 Å². The molecule has 0 amide bonds. The van der Waals surface area contributed by atoms with Crippen LogP contribution in [0.25, 0.3) is 0 Å². The summed E-state index contributed by atoms with van der Waals surface area (Å²) < 4.78 is 5.24. The van der Waals surface area contributed by atoms with Crippen LogP contribution in [0.1, 0.15) is 18.5 Å². The molecule has 0 atom stereocenters. The second-order valence-corrected chi connectivity index (χ2v) is 4.58. The fraction of sp³-hybridized carbons (Fsp3) is 0.615. The summed E-state index contributed by atoms with van der Waals surface area (Å²) in [5, 5.41) is 13.5. The summed E-state index contributed by atoms with van der Waals surface area (Å²) in [4.78, 5) is 4.26. The SMILES string of the molecule is OC1(CNCCc2ccccn2)CCOCC1. The Morgan fingerprint density at radius 2 is 2.18 bits per heavy atom. The minimum Gasteiger partial charge on any atom is -0.388 e. The molecule has 0 unspecified atom stereocenters. The Kier molecular flexibility index (Phi) is 4.48. The lowest BCUT2D eigenvalue weighted by Crippen LogP contribution is -2.45. The van der Waals surface area contributed by atoms with Crippen LogP contribution in [0.2, 0.25) is 0 Å². The third-order valence-electron chi connectivity index (χ3n) is 3.16. The molecule has 4 heteroatoms. The average Bonchev–Trinajstić information content (AvgIpc) is 2.37. The first-order valence-electron chi connectivity index (χ1n) is 6.19. The number of aromatic nitrogens is 1. The summed E-state index contributed by atoms with van der Waals surface area (Å²) in [6, 6.07) is 5.93. The van der Waals surface area contributed by atoms with Crippen molar-refractivity contribution in [3.63, 3.8) is 0 Å².